The van der Waals surface area contributed by atoms with Gasteiger partial charge in [-0.25, -0.2) is 4.79 Å². The number of hydrogen-bond acceptors (Lipinski definition) is 4. The first-order valence-corrected chi connectivity index (χ1v) is 4.94. The van der Waals surface area contributed by atoms with E-state index < -0.39 is 11.6 Å². The minimum Gasteiger partial charge on any atom is -0.504 e. The van der Waals surface area contributed by atoms with E-state index in [1.54, 1.807) is 26.8 Å². The van der Waals surface area contributed by atoms with Gasteiger partial charge in [-0.1, -0.05) is 0 Å². The molecule has 88 valence electrons. The van der Waals surface area contributed by atoms with Crippen LogP contribution >= 0.6 is 0 Å². The van der Waals surface area contributed by atoms with Gasteiger partial charge < -0.3 is 14.6 Å². The third kappa shape index (κ3) is 3.15. The van der Waals surface area contributed by atoms with E-state index in [4.69, 9.17) is 9.47 Å². The molecule has 1 rings (SSSR count). The number of aromatic hydroxyl groups is 1. The number of phenols is 1. The summed E-state index contributed by atoms with van der Waals surface area (Å²) in [4.78, 5) is 11.6. The van der Waals surface area contributed by atoms with Crippen LogP contribution in [0.15, 0.2) is 18.2 Å². The summed E-state index contributed by atoms with van der Waals surface area (Å²) in [5.74, 6) is -0.219. The maximum absolute atomic E-state index is 11.6. The molecule has 1 aromatic carbocycles. The third-order valence-electron chi connectivity index (χ3n) is 1.81. The molecule has 0 heterocycles. The van der Waals surface area contributed by atoms with Gasteiger partial charge in [-0.2, -0.15) is 0 Å². The Kier molecular flexibility index (Phi) is 3.42. The molecule has 0 aliphatic rings. The average molecular weight is 224 g/mol. The molecular formula is C12H16O4. The van der Waals surface area contributed by atoms with Gasteiger partial charge in [-0.15, -0.1) is 0 Å². The van der Waals surface area contributed by atoms with E-state index in [1.807, 2.05) is 0 Å². The number of methoxy groups -OCH3 is 1. The smallest absolute Gasteiger partial charge is 0.338 e. The zero-order chi connectivity index (χ0) is 12.3. The number of rotatable bonds is 2. The Labute approximate surface area is 94.8 Å². The van der Waals surface area contributed by atoms with Crippen molar-refractivity contribution in [3.63, 3.8) is 0 Å². The van der Waals surface area contributed by atoms with E-state index in [-0.39, 0.29) is 5.75 Å². The molecule has 0 fully saturated rings. The Morgan fingerprint density at radius 1 is 1.31 bits per heavy atom. The molecular weight excluding hydrogens is 208 g/mol. The predicted molar refractivity (Wildman–Crippen MR) is 59.8 cm³/mol. The molecule has 0 unspecified atom stereocenters. The molecule has 0 aliphatic carbocycles. The molecule has 0 aromatic heterocycles. The zero-order valence-corrected chi connectivity index (χ0v) is 9.90. The molecule has 0 atom stereocenters. The fourth-order valence-corrected chi connectivity index (χ4v) is 1.15. The number of phenolic OH excluding ortho intramolecular Hbond substituents is 1. The first-order chi connectivity index (χ1) is 7.33. The lowest BCUT2D eigenvalue weighted by Gasteiger charge is -2.19. The Bertz CT molecular complexity index is 390. The van der Waals surface area contributed by atoms with Crippen LogP contribution in [-0.2, 0) is 4.74 Å². The van der Waals surface area contributed by atoms with Crippen LogP contribution in [-0.4, -0.2) is 23.8 Å². The lowest BCUT2D eigenvalue weighted by atomic mass is 10.1. The number of benzene rings is 1. The summed E-state index contributed by atoms with van der Waals surface area (Å²) in [7, 11) is 1.45. The fourth-order valence-electron chi connectivity index (χ4n) is 1.15. The average Bonchev–Trinajstić information content (AvgIpc) is 2.15. The summed E-state index contributed by atoms with van der Waals surface area (Å²) >= 11 is 0. The van der Waals surface area contributed by atoms with Gasteiger partial charge in [0.05, 0.1) is 12.7 Å². The van der Waals surface area contributed by atoms with Gasteiger partial charge in [0.2, 0.25) is 0 Å². The normalized spacial score (nSPS) is 11.0. The van der Waals surface area contributed by atoms with Gasteiger partial charge in [0, 0.05) is 0 Å². The summed E-state index contributed by atoms with van der Waals surface area (Å²) in [6, 6.07) is 4.40. The van der Waals surface area contributed by atoms with E-state index in [2.05, 4.69) is 0 Å². The van der Waals surface area contributed by atoms with Gasteiger partial charge in [-0.05, 0) is 39.0 Å². The summed E-state index contributed by atoms with van der Waals surface area (Å²) in [6.45, 7) is 5.36. The molecule has 0 saturated carbocycles. The van der Waals surface area contributed by atoms with Crippen LogP contribution in [0.25, 0.3) is 0 Å². The third-order valence-corrected chi connectivity index (χ3v) is 1.81. The number of ether oxygens (including phenoxy) is 2. The number of carbonyl (C=O) groups is 1. The minimum atomic E-state index is -0.549. The van der Waals surface area contributed by atoms with Crippen LogP contribution in [0.5, 0.6) is 11.5 Å². The molecule has 4 heteroatoms. The first kappa shape index (κ1) is 12.4. The van der Waals surface area contributed by atoms with Crippen molar-refractivity contribution in [2.75, 3.05) is 7.11 Å². The Morgan fingerprint density at radius 3 is 2.38 bits per heavy atom. The van der Waals surface area contributed by atoms with Gasteiger partial charge in [0.1, 0.15) is 5.60 Å². The molecule has 0 aliphatic heterocycles. The summed E-state index contributed by atoms with van der Waals surface area (Å²) in [5.41, 5.74) is -0.250. The van der Waals surface area contributed by atoms with E-state index in [1.165, 1.54) is 19.2 Å². The summed E-state index contributed by atoms with van der Waals surface area (Å²) < 4.78 is 10.0. The Balaban J connectivity index is 2.89. The summed E-state index contributed by atoms with van der Waals surface area (Å²) in [6.07, 6.45) is 0. The fraction of sp³-hybridized carbons (Fsp3) is 0.417. The Hall–Kier alpha value is -1.71. The quantitative estimate of drug-likeness (QED) is 0.783. The monoisotopic (exact) mass is 224 g/mol. The maximum atomic E-state index is 11.6. The Morgan fingerprint density at radius 2 is 1.94 bits per heavy atom. The summed E-state index contributed by atoms with van der Waals surface area (Å²) in [5, 5.41) is 9.51. The molecule has 0 saturated heterocycles. The lowest BCUT2D eigenvalue weighted by Crippen LogP contribution is -2.23. The van der Waals surface area contributed by atoms with Gasteiger partial charge >= 0.3 is 5.97 Å². The topological polar surface area (TPSA) is 55.8 Å². The predicted octanol–water partition coefficient (Wildman–Crippen LogP) is 2.36. The molecule has 16 heavy (non-hydrogen) atoms. The lowest BCUT2D eigenvalue weighted by molar-refractivity contribution is 0.00691. The number of hydrogen-bond donors (Lipinski definition) is 1. The second-order valence-electron chi connectivity index (χ2n) is 4.39. The van der Waals surface area contributed by atoms with Crippen LogP contribution in [0, 0.1) is 0 Å². The van der Waals surface area contributed by atoms with E-state index >= 15 is 0 Å². The highest BCUT2D eigenvalue weighted by Gasteiger charge is 2.18. The highest BCUT2D eigenvalue weighted by molar-refractivity contribution is 5.90. The number of carbonyl (C=O) groups excluding carboxylic acids is 1. The molecule has 0 spiro atoms. The van der Waals surface area contributed by atoms with Gasteiger partial charge in [0.25, 0.3) is 0 Å². The molecule has 0 bridgehead atoms. The van der Waals surface area contributed by atoms with E-state index in [0.717, 1.165) is 0 Å². The van der Waals surface area contributed by atoms with Crippen LogP contribution in [0.2, 0.25) is 0 Å². The van der Waals surface area contributed by atoms with Crippen molar-refractivity contribution in [2.24, 2.45) is 0 Å². The molecule has 4 nitrogen and oxygen atoms in total. The minimum absolute atomic E-state index is 0.0779. The van der Waals surface area contributed by atoms with Crippen LogP contribution in [0.3, 0.4) is 0 Å². The van der Waals surface area contributed by atoms with E-state index in [9.17, 15) is 9.90 Å². The van der Waals surface area contributed by atoms with Crippen LogP contribution < -0.4 is 4.74 Å². The zero-order valence-electron chi connectivity index (χ0n) is 9.90. The second-order valence-corrected chi connectivity index (χ2v) is 4.39. The van der Waals surface area contributed by atoms with Crippen molar-refractivity contribution in [2.45, 2.75) is 26.4 Å². The SMILES string of the molecule is COc1ccc(C(=O)OC(C)(C)C)cc1O. The number of esters is 1. The van der Waals surface area contributed by atoms with Crippen molar-refractivity contribution in [3.05, 3.63) is 23.8 Å². The molecule has 1 aromatic rings. The van der Waals surface area contributed by atoms with Crippen molar-refractivity contribution in [3.8, 4) is 11.5 Å². The van der Waals surface area contributed by atoms with E-state index in [0.29, 0.717) is 11.3 Å². The van der Waals surface area contributed by atoms with Crippen LogP contribution in [0.1, 0.15) is 31.1 Å². The maximum Gasteiger partial charge on any atom is 0.338 e. The first-order valence-electron chi connectivity index (χ1n) is 4.94. The van der Waals surface area contributed by atoms with Crippen molar-refractivity contribution in [1.82, 2.24) is 0 Å². The van der Waals surface area contributed by atoms with Gasteiger partial charge in [0.15, 0.2) is 11.5 Å². The highest BCUT2D eigenvalue weighted by atomic mass is 16.6. The molecule has 0 radical (unpaired) electrons. The standard InChI is InChI=1S/C12H16O4/c1-12(2,3)16-11(14)8-5-6-10(15-4)9(13)7-8/h5-7,13H,1-4H3. The highest BCUT2D eigenvalue weighted by Crippen LogP contribution is 2.27. The molecule has 0 amide bonds. The van der Waals surface area contributed by atoms with Crippen molar-refractivity contribution < 1.29 is 19.4 Å². The van der Waals surface area contributed by atoms with Crippen molar-refractivity contribution in [1.29, 1.82) is 0 Å². The largest absolute Gasteiger partial charge is 0.504 e. The molecule has 1 N–H and O–H groups in total. The van der Waals surface area contributed by atoms with Crippen molar-refractivity contribution >= 4 is 5.97 Å². The van der Waals surface area contributed by atoms with Gasteiger partial charge in [-0.3, -0.25) is 0 Å². The second kappa shape index (κ2) is 4.43. The van der Waals surface area contributed by atoms with Crippen LogP contribution in [0.4, 0.5) is 0 Å².